The van der Waals surface area contributed by atoms with E-state index in [1.54, 1.807) is 29.5 Å². The molecule has 1 aromatic carbocycles. The Morgan fingerprint density at radius 3 is 2.89 bits per heavy atom. The molecule has 1 N–H and O–H groups in total. The molecule has 0 fully saturated rings. The van der Waals surface area contributed by atoms with Gasteiger partial charge in [-0.3, -0.25) is 0 Å². The van der Waals surface area contributed by atoms with Crippen molar-refractivity contribution in [2.75, 3.05) is 6.54 Å². The zero-order chi connectivity index (χ0) is 13.8. The van der Waals surface area contributed by atoms with Gasteiger partial charge in [-0.2, -0.15) is 0 Å². The second kappa shape index (κ2) is 6.46. The van der Waals surface area contributed by atoms with E-state index in [1.807, 2.05) is 19.2 Å². The number of likely N-dealkylation sites (N-methyl/N-ethyl adjacent to an activating group) is 1. The molecule has 0 saturated carbocycles. The lowest BCUT2D eigenvalue weighted by Gasteiger charge is -2.18. The van der Waals surface area contributed by atoms with Gasteiger partial charge in [0, 0.05) is 23.4 Å². The number of rotatable bonds is 5. The van der Waals surface area contributed by atoms with Crippen LogP contribution in [0.15, 0.2) is 23.6 Å². The third-order valence-corrected chi connectivity index (χ3v) is 4.00. The summed E-state index contributed by atoms with van der Waals surface area (Å²) in [7, 11) is 0. The lowest BCUT2D eigenvalue weighted by Crippen LogP contribution is -2.24. The number of halogens is 2. The van der Waals surface area contributed by atoms with E-state index in [-0.39, 0.29) is 16.9 Å². The number of benzene rings is 1. The summed E-state index contributed by atoms with van der Waals surface area (Å²) in [6, 6.07) is 5.01. The van der Waals surface area contributed by atoms with Crippen molar-refractivity contribution in [3.63, 3.8) is 0 Å². The van der Waals surface area contributed by atoms with Crippen LogP contribution in [0, 0.1) is 12.7 Å². The van der Waals surface area contributed by atoms with Crippen LogP contribution in [0.4, 0.5) is 4.39 Å². The van der Waals surface area contributed by atoms with E-state index in [0.29, 0.717) is 12.0 Å². The highest BCUT2D eigenvalue weighted by molar-refractivity contribution is 7.09. The Balaban J connectivity index is 2.26. The Labute approximate surface area is 121 Å². The minimum atomic E-state index is -0.345. The first kappa shape index (κ1) is 14.4. The number of hydrogen-bond donors (Lipinski definition) is 1. The van der Waals surface area contributed by atoms with Crippen molar-refractivity contribution in [2.45, 2.75) is 26.3 Å². The lowest BCUT2D eigenvalue weighted by atomic mass is 10.0. The molecular weight excluding hydrogens is 283 g/mol. The molecule has 102 valence electrons. The molecule has 19 heavy (non-hydrogen) atoms. The predicted octanol–water partition coefficient (Wildman–Crippen LogP) is 4.14. The van der Waals surface area contributed by atoms with E-state index in [9.17, 15) is 4.39 Å². The summed E-state index contributed by atoms with van der Waals surface area (Å²) in [5, 5.41) is 6.49. The van der Waals surface area contributed by atoms with Crippen LogP contribution in [-0.4, -0.2) is 11.5 Å². The number of hydrogen-bond acceptors (Lipinski definition) is 3. The minimum Gasteiger partial charge on any atom is -0.310 e. The first-order chi connectivity index (χ1) is 9.11. The van der Waals surface area contributed by atoms with Gasteiger partial charge in [-0.1, -0.05) is 30.7 Å². The van der Waals surface area contributed by atoms with Gasteiger partial charge >= 0.3 is 0 Å². The maximum Gasteiger partial charge on any atom is 0.146 e. The molecule has 0 aliphatic carbocycles. The quantitative estimate of drug-likeness (QED) is 0.897. The van der Waals surface area contributed by atoms with E-state index in [2.05, 4.69) is 10.3 Å². The Kier molecular flexibility index (Phi) is 4.91. The molecule has 1 atom stereocenters. The van der Waals surface area contributed by atoms with Gasteiger partial charge < -0.3 is 5.32 Å². The molecule has 2 rings (SSSR count). The fraction of sp³-hybridized carbons (Fsp3) is 0.357. The summed E-state index contributed by atoms with van der Waals surface area (Å²) in [6.45, 7) is 4.73. The number of nitrogens with one attached hydrogen (secondary N) is 1. The van der Waals surface area contributed by atoms with E-state index < -0.39 is 0 Å². The van der Waals surface area contributed by atoms with Crippen molar-refractivity contribution in [3.8, 4) is 0 Å². The van der Waals surface area contributed by atoms with Gasteiger partial charge in [0.2, 0.25) is 0 Å². The Bertz CT molecular complexity index is 556. The fourth-order valence-corrected chi connectivity index (χ4v) is 2.85. The van der Waals surface area contributed by atoms with E-state index in [0.717, 1.165) is 17.2 Å². The lowest BCUT2D eigenvalue weighted by molar-refractivity contribution is 0.507. The third-order valence-electron chi connectivity index (χ3n) is 2.89. The van der Waals surface area contributed by atoms with Crippen LogP contribution in [0.1, 0.15) is 29.2 Å². The summed E-state index contributed by atoms with van der Waals surface area (Å²) >= 11 is 7.46. The summed E-state index contributed by atoms with van der Waals surface area (Å²) in [4.78, 5) is 4.43. The molecule has 5 heteroatoms. The fourth-order valence-electron chi connectivity index (χ4n) is 2.04. The average Bonchev–Trinajstić information content (AvgIpc) is 2.78. The number of thiazole rings is 1. The highest BCUT2D eigenvalue weighted by atomic mass is 35.5. The summed E-state index contributed by atoms with van der Waals surface area (Å²) in [5.74, 6) is -0.345. The average molecular weight is 299 g/mol. The summed E-state index contributed by atoms with van der Waals surface area (Å²) < 4.78 is 14.1. The first-order valence-corrected chi connectivity index (χ1v) is 7.46. The van der Waals surface area contributed by atoms with Crippen molar-refractivity contribution in [3.05, 3.63) is 50.7 Å². The highest BCUT2D eigenvalue weighted by Crippen LogP contribution is 2.26. The van der Waals surface area contributed by atoms with E-state index in [1.165, 1.54) is 0 Å². The van der Waals surface area contributed by atoms with Gasteiger partial charge in [0.05, 0.1) is 15.7 Å². The Hall–Kier alpha value is -0.970. The molecular formula is C14H16ClFN2S. The smallest absolute Gasteiger partial charge is 0.146 e. The molecule has 2 nitrogen and oxygen atoms in total. The van der Waals surface area contributed by atoms with Crippen LogP contribution < -0.4 is 5.32 Å². The van der Waals surface area contributed by atoms with Crippen molar-refractivity contribution in [1.82, 2.24) is 10.3 Å². The molecule has 0 saturated heterocycles. The van der Waals surface area contributed by atoms with Gasteiger partial charge in [-0.15, -0.1) is 11.3 Å². The zero-order valence-corrected chi connectivity index (χ0v) is 12.5. The third kappa shape index (κ3) is 3.53. The molecule has 2 aromatic rings. The van der Waals surface area contributed by atoms with Crippen LogP contribution in [0.3, 0.4) is 0 Å². The minimum absolute atomic E-state index is 0.106. The van der Waals surface area contributed by atoms with Crippen molar-refractivity contribution < 1.29 is 4.39 Å². The molecule has 1 aromatic heterocycles. The second-order valence-corrected chi connectivity index (χ2v) is 5.78. The molecule has 0 radical (unpaired) electrons. The van der Waals surface area contributed by atoms with E-state index in [4.69, 9.17) is 11.6 Å². The van der Waals surface area contributed by atoms with Crippen molar-refractivity contribution in [1.29, 1.82) is 0 Å². The van der Waals surface area contributed by atoms with Gasteiger partial charge in [0.25, 0.3) is 0 Å². The molecule has 0 bridgehead atoms. The van der Waals surface area contributed by atoms with Crippen LogP contribution >= 0.6 is 22.9 Å². The number of aromatic nitrogens is 1. The molecule has 1 unspecified atom stereocenters. The molecule has 0 amide bonds. The zero-order valence-electron chi connectivity index (χ0n) is 10.9. The normalized spacial score (nSPS) is 12.6. The summed E-state index contributed by atoms with van der Waals surface area (Å²) in [6.07, 6.45) is 0.662. The monoisotopic (exact) mass is 298 g/mol. The Morgan fingerprint density at radius 1 is 1.47 bits per heavy atom. The molecule has 0 aliphatic rings. The van der Waals surface area contributed by atoms with Gasteiger partial charge in [0.1, 0.15) is 5.82 Å². The van der Waals surface area contributed by atoms with Gasteiger partial charge in [-0.05, 0) is 19.5 Å². The molecule has 1 heterocycles. The Morgan fingerprint density at radius 2 is 2.26 bits per heavy atom. The first-order valence-electron chi connectivity index (χ1n) is 6.20. The van der Waals surface area contributed by atoms with Crippen LogP contribution in [0.2, 0.25) is 5.02 Å². The maximum atomic E-state index is 14.1. The van der Waals surface area contributed by atoms with Crippen LogP contribution in [0.5, 0.6) is 0 Å². The SMILES string of the molecule is CCNC(Cc1csc(C)n1)c1cccc(Cl)c1F. The maximum absolute atomic E-state index is 14.1. The largest absolute Gasteiger partial charge is 0.310 e. The molecule has 0 spiro atoms. The summed E-state index contributed by atoms with van der Waals surface area (Å²) in [5.41, 5.74) is 1.58. The predicted molar refractivity (Wildman–Crippen MR) is 78.4 cm³/mol. The van der Waals surface area contributed by atoms with Crippen LogP contribution in [0.25, 0.3) is 0 Å². The second-order valence-electron chi connectivity index (χ2n) is 4.32. The standard InChI is InChI=1S/C14H16ClFN2S/c1-3-17-13(7-10-8-19-9(2)18-10)11-5-4-6-12(15)14(11)16/h4-6,8,13,17H,3,7H2,1-2H3. The highest BCUT2D eigenvalue weighted by Gasteiger charge is 2.18. The molecule has 0 aliphatic heterocycles. The van der Waals surface area contributed by atoms with Gasteiger partial charge in [-0.25, -0.2) is 9.37 Å². The van der Waals surface area contributed by atoms with E-state index >= 15 is 0 Å². The number of aryl methyl sites for hydroxylation is 1. The van der Waals surface area contributed by atoms with Crippen LogP contribution in [-0.2, 0) is 6.42 Å². The topological polar surface area (TPSA) is 24.9 Å². The van der Waals surface area contributed by atoms with Gasteiger partial charge in [0.15, 0.2) is 0 Å². The van der Waals surface area contributed by atoms with Crippen molar-refractivity contribution >= 4 is 22.9 Å². The number of nitrogens with zero attached hydrogens (tertiary/aromatic N) is 1. The van der Waals surface area contributed by atoms with Crippen molar-refractivity contribution in [2.24, 2.45) is 0 Å².